The van der Waals surface area contributed by atoms with E-state index >= 15 is 0 Å². The van der Waals surface area contributed by atoms with Gasteiger partial charge in [0.05, 0.1) is 6.61 Å². The number of unbranched alkanes of at least 4 members (excludes halogenated alkanes) is 8. The van der Waals surface area contributed by atoms with Crippen molar-refractivity contribution >= 4 is 11.1 Å². The molecule has 0 fully saturated rings. The van der Waals surface area contributed by atoms with Crippen LogP contribution in [0.25, 0.3) is 11.1 Å². The third-order valence-corrected chi connectivity index (χ3v) is 6.63. The van der Waals surface area contributed by atoms with Gasteiger partial charge >= 0.3 is 0 Å². The Labute approximate surface area is 214 Å². The van der Waals surface area contributed by atoms with Gasteiger partial charge in [-0.3, -0.25) is 0 Å². The molecule has 0 unspecified atom stereocenters. The highest BCUT2D eigenvalue weighted by Gasteiger charge is 2.14. The molecule has 0 bridgehead atoms. The first kappa shape index (κ1) is 26.8. The zero-order valence-corrected chi connectivity index (χ0v) is 22.0. The van der Waals surface area contributed by atoms with Crippen molar-refractivity contribution in [2.75, 3.05) is 6.61 Å². The summed E-state index contributed by atoms with van der Waals surface area (Å²) in [6.07, 6.45) is 14.3. The summed E-state index contributed by atoms with van der Waals surface area (Å²) in [5, 5.41) is 0. The third kappa shape index (κ3) is 9.06. The lowest BCUT2D eigenvalue weighted by Gasteiger charge is -2.18. The Balaban J connectivity index is 1.82. The van der Waals surface area contributed by atoms with Crippen LogP contribution in [0, 0.1) is 0 Å². The van der Waals surface area contributed by atoms with Gasteiger partial charge in [0.2, 0.25) is 0 Å². The molecule has 0 aliphatic heterocycles. The van der Waals surface area contributed by atoms with Crippen molar-refractivity contribution in [1.82, 2.24) is 0 Å². The van der Waals surface area contributed by atoms with E-state index in [-0.39, 0.29) is 0 Å². The molecule has 0 aliphatic carbocycles. The minimum atomic E-state index is 0.759. The van der Waals surface area contributed by atoms with Gasteiger partial charge in [-0.15, -0.1) is 0 Å². The maximum absolute atomic E-state index is 5.86. The van der Waals surface area contributed by atoms with E-state index in [1.165, 1.54) is 85.6 Å². The molecule has 0 saturated heterocycles. The fourth-order valence-electron chi connectivity index (χ4n) is 4.72. The van der Waals surface area contributed by atoms with Gasteiger partial charge in [0.1, 0.15) is 5.75 Å². The molecular formula is C34H44O. The van der Waals surface area contributed by atoms with Crippen molar-refractivity contribution in [2.45, 2.75) is 84.5 Å². The zero-order valence-electron chi connectivity index (χ0n) is 22.0. The Bertz CT molecular complexity index is 970. The van der Waals surface area contributed by atoms with E-state index in [2.05, 4.69) is 98.8 Å². The maximum atomic E-state index is 5.86. The number of benzene rings is 3. The monoisotopic (exact) mass is 468 g/mol. The quantitative estimate of drug-likeness (QED) is 0.150. The zero-order chi connectivity index (χ0) is 24.6. The molecule has 1 heteroatoms. The molecule has 3 aromatic rings. The van der Waals surface area contributed by atoms with E-state index in [0.717, 1.165) is 25.2 Å². The van der Waals surface area contributed by atoms with E-state index in [4.69, 9.17) is 4.74 Å². The van der Waals surface area contributed by atoms with Crippen LogP contribution < -0.4 is 4.74 Å². The van der Waals surface area contributed by atoms with E-state index in [1.807, 2.05) is 0 Å². The van der Waals surface area contributed by atoms with Crippen molar-refractivity contribution in [3.8, 4) is 5.75 Å². The molecule has 0 saturated carbocycles. The molecule has 0 heterocycles. The van der Waals surface area contributed by atoms with Gasteiger partial charge in [0, 0.05) is 0 Å². The maximum Gasteiger partial charge on any atom is 0.119 e. The van der Waals surface area contributed by atoms with Crippen molar-refractivity contribution in [1.29, 1.82) is 0 Å². The first-order chi connectivity index (χ1) is 17.3. The molecular weight excluding hydrogens is 424 g/mol. The molecule has 0 radical (unpaired) electrons. The molecule has 0 aromatic heterocycles. The van der Waals surface area contributed by atoms with Crippen LogP contribution in [0.4, 0.5) is 0 Å². The summed E-state index contributed by atoms with van der Waals surface area (Å²) in [5.74, 6) is 0.947. The summed E-state index contributed by atoms with van der Waals surface area (Å²) in [5.41, 5.74) is 6.66. The van der Waals surface area contributed by atoms with Crippen molar-refractivity contribution in [2.24, 2.45) is 0 Å². The lowest BCUT2D eigenvalue weighted by molar-refractivity contribution is 0.317. The van der Waals surface area contributed by atoms with Crippen LogP contribution in [0.3, 0.4) is 0 Å². The van der Waals surface area contributed by atoms with Gasteiger partial charge < -0.3 is 4.74 Å². The van der Waals surface area contributed by atoms with E-state index in [9.17, 15) is 0 Å². The summed E-state index contributed by atoms with van der Waals surface area (Å²) in [6.45, 7) is 5.19. The number of ether oxygens (including phenoxy) is 1. The van der Waals surface area contributed by atoms with Crippen LogP contribution in [0.5, 0.6) is 5.75 Å². The summed E-state index contributed by atoms with van der Waals surface area (Å²) in [4.78, 5) is 0. The molecule has 0 N–H and O–H groups in total. The Kier molecular flexibility index (Phi) is 12.2. The van der Waals surface area contributed by atoms with E-state index < -0.39 is 0 Å². The second-order valence-electron chi connectivity index (χ2n) is 9.54. The first-order valence-corrected chi connectivity index (χ1v) is 13.9. The molecule has 186 valence electrons. The molecule has 0 spiro atoms. The molecule has 3 aromatic carbocycles. The van der Waals surface area contributed by atoms with Crippen LogP contribution in [-0.2, 0) is 0 Å². The number of hydrogen-bond acceptors (Lipinski definition) is 1. The summed E-state index contributed by atoms with van der Waals surface area (Å²) in [7, 11) is 0. The van der Waals surface area contributed by atoms with Gasteiger partial charge in [-0.2, -0.15) is 0 Å². The summed E-state index contributed by atoms with van der Waals surface area (Å²) < 4.78 is 5.86. The number of hydrogen-bond donors (Lipinski definition) is 0. The van der Waals surface area contributed by atoms with Crippen molar-refractivity contribution in [3.63, 3.8) is 0 Å². The second kappa shape index (κ2) is 16.0. The standard InChI is InChI=1S/C34H44O/c1-3-5-6-7-8-9-10-11-18-23-33(29-19-14-12-15-20-29)34(30-21-16-13-17-22-30)31-24-26-32(27-25-31)35-28-4-2/h12-17,19-22,24-27H,3-11,18,23,28H2,1-2H3/b34-33-. The highest BCUT2D eigenvalue weighted by molar-refractivity contribution is 5.98. The topological polar surface area (TPSA) is 9.23 Å². The average molecular weight is 469 g/mol. The van der Waals surface area contributed by atoms with Crippen LogP contribution >= 0.6 is 0 Å². The molecule has 35 heavy (non-hydrogen) atoms. The lowest BCUT2D eigenvalue weighted by Crippen LogP contribution is -1.98. The minimum absolute atomic E-state index is 0.759. The third-order valence-electron chi connectivity index (χ3n) is 6.63. The normalized spacial score (nSPS) is 11.8. The van der Waals surface area contributed by atoms with Gasteiger partial charge in [-0.05, 0) is 59.2 Å². The second-order valence-corrected chi connectivity index (χ2v) is 9.54. The first-order valence-electron chi connectivity index (χ1n) is 13.9. The summed E-state index contributed by atoms with van der Waals surface area (Å²) in [6, 6.07) is 30.6. The lowest BCUT2D eigenvalue weighted by atomic mass is 9.86. The van der Waals surface area contributed by atoms with E-state index in [0.29, 0.717) is 0 Å². The van der Waals surface area contributed by atoms with Crippen LogP contribution in [0.1, 0.15) is 101 Å². The van der Waals surface area contributed by atoms with Crippen molar-refractivity contribution < 1.29 is 4.74 Å². The molecule has 0 atom stereocenters. The molecule has 1 nitrogen and oxygen atoms in total. The van der Waals surface area contributed by atoms with Crippen LogP contribution in [0.15, 0.2) is 84.9 Å². The molecule has 0 aliphatic rings. The molecule has 0 amide bonds. The predicted octanol–water partition coefficient (Wildman–Crippen LogP) is 10.4. The Morgan fingerprint density at radius 3 is 1.60 bits per heavy atom. The van der Waals surface area contributed by atoms with Crippen LogP contribution in [-0.4, -0.2) is 6.61 Å². The highest BCUT2D eigenvalue weighted by Crippen LogP contribution is 2.36. The largest absolute Gasteiger partial charge is 0.494 e. The van der Waals surface area contributed by atoms with Crippen molar-refractivity contribution in [3.05, 3.63) is 102 Å². The number of rotatable bonds is 16. The fraction of sp³-hybridized carbons (Fsp3) is 0.412. The van der Waals surface area contributed by atoms with Gasteiger partial charge in [-0.1, -0.05) is 138 Å². The van der Waals surface area contributed by atoms with Gasteiger partial charge in [-0.25, -0.2) is 0 Å². The molecule has 3 rings (SSSR count). The fourth-order valence-corrected chi connectivity index (χ4v) is 4.72. The van der Waals surface area contributed by atoms with Gasteiger partial charge in [0.25, 0.3) is 0 Å². The number of allylic oxidation sites excluding steroid dienone is 1. The van der Waals surface area contributed by atoms with E-state index in [1.54, 1.807) is 0 Å². The minimum Gasteiger partial charge on any atom is -0.494 e. The Hall–Kier alpha value is -2.80. The highest BCUT2D eigenvalue weighted by atomic mass is 16.5. The predicted molar refractivity (Wildman–Crippen MR) is 153 cm³/mol. The Morgan fingerprint density at radius 1 is 0.514 bits per heavy atom. The average Bonchev–Trinajstić information content (AvgIpc) is 2.92. The van der Waals surface area contributed by atoms with Gasteiger partial charge in [0.15, 0.2) is 0 Å². The smallest absolute Gasteiger partial charge is 0.119 e. The summed E-state index contributed by atoms with van der Waals surface area (Å²) >= 11 is 0. The van der Waals surface area contributed by atoms with Crippen LogP contribution in [0.2, 0.25) is 0 Å². The SMILES string of the molecule is CCCCCCCCCCC/C(=C(\c1ccccc1)c1ccc(OCCC)cc1)c1ccccc1. The Morgan fingerprint density at radius 2 is 1.03 bits per heavy atom.